The Kier molecular flexibility index (Phi) is 4.52. The van der Waals surface area contributed by atoms with Crippen molar-refractivity contribution < 1.29 is 0 Å². The van der Waals surface area contributed by atoms with Crippen LogP contribution < -0.4 is 10.6 Å². The van der Waals surface area contributed by atoms with E-state index in [9.17, 15) is 0 Å². The Morgan fingerprint density at radius 3 is 2.79 bits per heavy atom. The van der Waals surface area contributed by atoms with Crippen molar-refractivity contribution in [2.75, 3.05) is 30.5 Å². The molecule has 1 heterocycles. The van der Waals surface area contributed by atoms with Crippen LogP contribution in [0.2, 0.25) is 0 Å². The summed E-state index contributed by atoms with van der Waals surface area (Å²) in [7, 11) is 1.84. The maximum atomic E-state index is 4.12. The van der Waals surface area contributed by atoms with Crippen molar-refractivity contribution in [2.24, 2.45) is 0 Å². The predicted octanol–water partition coefficient (Wildman–Crippen LogP) is 1.68. The summed E-state index contributed by atoms with van der Waals surface area (Å²) in [4.78, 5) is 8.16. The van der Waals surface area contributed by atoms with E-state index in [0.717, 1.165) is 18.2 Å². The molecule has 1 aromatic heterocycles. The molecule has 0 saturated heterocycles. The standard InChI is InChI=1S/C9H16N4S/c1-7(14-3)5-11-9-4-8(10-2)12-6-13-9/h4,6-7H,5H2,1-3H3,(H2,10,11,12,13). The molecule has 0 fully saturated rings. The summed E-state index contributed by atoms with van der Waals surface area (Å²) in [6, 6.07) is 1.90. The van der Waals surface area contributed by atoms with Crippen LogP contribution in [0.4, 0.5) is 11.6 Å². The van der Waals surface area contributed by atoms with Gasteiger partial charge >= 0.3 is 0 Å². The molecule has 5 heteroatoms. The maximum Gasteiger partial charge on any atom is 0.131 e. The summed E-state index contributed by atoms with van der Waals surface area (Å²) in [5, 5.41) is 6.82. The first kappa shape index (κ1) is 11.1. The van der Waals surface area contributed by atoms with Crippen molar-refractivity contribution in [3.05, 3.63) is 12.4 Å². The minimum Gasteiger partial charge on any atom is -0.373 e. The Hall–Kier alpha value is -0.970. The highest BCUT2D eigenvalue weighted by Crippen LogP contribution is 2.10. The highest BCUT2D eigenvalue weighted by molar-refractivity contribution is 7.99. The Balaban J connectivity index is 2.50. The summed E-state index contributed by atoms with van der Waals surface area (Å²) in [6.07, 6.45) is 3.66. The lowest BCUT2D eigenvalue weighted by Gasteiger charge is -2.10. The van der Waals surface area contributed by atoms with Crippen LogP contribution in [-0.4, -0.2) is 35.1 Å². The zero-order chi connectivity index (χ0) is 10.4. The normalized spacial score (nSPS) is 12.2. The lowest BCUT2D eigenvalue weighted by Crippen LogP contribution is -2.13. The van der Waals surface area contributed by atoms with E-state index in [4.69, 9.17) is 0 Å². The monoisotopic (exact) mass is 212 g/mol. The molecule has 0 aromatic carbocycles. The number of rotatable bonds is 5. The molecule has 0 amide bonds. The van der Waals surface area contributed by atoms with Gasteiger partial charge in [-0.3, -0.25) is 0 Å². The van der Waals surface area contributed by atoms with Gasteiger partial charge in [-0.25, -0.2) is 9.97 Å². The summed E-state index contributed by atoms with van der Waals surface area (Å²) in [6.45, 7) is 3.10. The molecular weight excluding hydrogens is 196 g/mol. The average molecular weight is 212 g/mol. The molecule has 1 rings (SSSR count). The molecule has 0 aliphatic heterocycles. The van der Waals surface area contributed by atoms with Crippen LogP contribution in [0.3, 0.4) is 0 Å². The average Bonchev–Trinajstić information content (AvgIpc) is 2.26. The second-order valence-electron chi connectivity index (χ2n) is 2.97. The van der Waals surface area contributed by atoms with Crippen LogP contribution in [0.15, 0.2) is 12.4 Å². The fourth-order valence-corrected chi connectivity index (χ4v) is 1.17. The highest BCUT2D eigenvalue weighted by Gasteiger charge is 2.00. The summed E-state index contributed by atoms with van der Waals surface area (Å²) >= 11 is 1.83. The molecule has 4 nitrogen and oxygen atoms in total. The molecule has 78 valence electrons. The van der Waals surface area contributed by atoms with Crippen LogP contribution in [0, 0.1) is 0 Å². The van der Waals surface area contributed by atoms with Crippen molar-refractivity contribution in [3.63, 3.8) is 0 Å². The van der Waals surface area contributed by atoms with E-state index in [0.29, 0.717) is 5.25 Å². The molecule has 0 spiro atoms. The fraction of sp³-hybridized carbons (Fsp3) is 0.556. The Bertz CT molecular complexity index is 279. The first-order chi connectivity index (χ1) is 6.76. The molecule has 0 bridgehead atoms. The molecule has 2 N–H and O–H groups in total. The van der Waals surface area contributed by atoms with Crippen molar-refractivity contribution in [1.29, 1.82) is 0 Å². The fourth-order valence-electron chi connectivity index (χ4n) is 0.922. The minimum absolute atomic E-state index is 0.586. The molecule has 1 unspecified atom stereocenters. The van der Waals surface area contributed by atoms with E-state index in [2.05, 4.69) is 33.8 Å². The van der Waals surface area contributed by atoms with Gasteiger partial charge in [0.05, 0.1) is 0 Å². The van der Waals surface area contributed by atoms with Crippen molar-refractivity contribution >= 4 is 23.4 Å². The summed E-state index contributed by atoms with van der Waals surface area (Å²) in [5.74, 6) is 1.70. The van der Waals surface area contributed by atoms with Crippen LogP contribution in [0.25, 0.3) is 0 Å². The van der Waals surface area contributed by atoms with E-state index < -0.39 is 0 Å². The smallest absolute Gasteiger partial charge is 0.131 e. The minimum atomic E-state index is 0.586. The Morgan fingerprint density at radius 1 is 1.43 bits per heavy atom. The molecule has 0 aliphatic rings. The van der Waals surface area contributed by atoms with E-state index in [1.54, 1.807) is 6.33 Å². The maximum absolute atomic E-state index is 4.12. The van der Waals surface area contributed by atoms with E-state index >= 15 is 0 Å². The van der Waals surface area contributed by atoms with Gasteiger partial charge in [-0.2, -0.15) is 11.8 Å². The zero-order valence-electron chi connectivity index (χ0n) is 8.74. The summed E-state index contributed by atoms with van der Waals surface area (Å²) < 4.78 is 0. The van der Waals surface area contributed by atoms with Gasteiger partial charge in [0, 0.05) is 24.9 Å². The van der Waals surface area contributed by atoms with Gasteiger partial charge in [0.2, 0.25) is 0 Å². The third-order valence-electron chi connectivity index (χ3n) is 1.90. The van der Waals surface area contributed by atoms with Gasteiger partial charge in [0.15, 0.2) is 0 Å². The SMILES string of the molecule is CNc1cc(NCC(C)SC)ncn1. The topological polar surface area (TPSA) is 49.8 Å². The number of nitrogens with one attached hydrogen (secondary N) is 2. The number of hydrogen-bond donors (Lipinski definition) is 2. The Labute approximate surface area is 88.9 Å². The van der Waals surface area contributed by atoms with Gasteiger partial charge in [-0.05, 0) is 6.26 Å². The summed E-state index contributed by atoms with van der Waals surface area (Å²) in [5.41, 5.74) is 0. The first-order valence-electron chi connectivity index (χ1n) is 4.52. The molecule has 14 heavy (non-hydrogen) atoms. The third kappa shape index (κ3) is 3.41. The highest BCUT2D eigenvalue weighted by atomic mass is 32.2. The number of thioether (sulfide) groups is 1. The van der Waals surface area contributed by atoms with Crippen LogP contribution in [0.5, 0.6) is 0 Å². The molecule has 0 radical (unpaired) electrons. The largest absolute Gasteiger partial charge is 0.373 e. The number of anilines is 2. The predicted molar refractivity (Wildman–Crippen MR) is 63.0 cm³/mol. The second kappa shape index (κ2) is 5.70. The van der Waals surface area contributed by atoms with Gasteiger partial charge < -0.3 is 10.6 Å². The van der Waals surface area contributed by atoms with Crippen molar-refractivity contribution in [2.45, 2.75) is 12.2 Å². The van der Waals surface area contributed by atoms with E-state index in [1.807, 2.05) is 24.9 Å². The molecular formula is C9H16N4S. The number of aromatic nitrogens is 2. The number of hydrogen-bond acceptors (Lipinski definition) is 5. The van der Waals surface area contributed by atoms with Crippen LogP contribution >= 0.6 is 11.8 Å². The van der Waals surface area contributed by atoms with Crippen LogP contribution in [-0.2, 0) is 0 Å². The molecule has 0 saturated carbocycles. The lowest BCUT2D eigenvalue weighted by molar-refractivity contribution is 0.986. The molecule has 0 aliphatic carbocycles. The quantitative estimate of drug-likeness (QED) is 0.777. The Morgan fingerprint density at radius 2 is 2.14 bits per heavy atom. The van der Waals surface area contributed by atoms with E-state index in [1.165, 1.54) is 0 Å². The van der Waals surface area contributed by atoms with E-state index in [-0.39, 0.29) is 0 Å². The van der Waals surface area contributed by atoms with Gasteiger partial charge in [-0.1, -0.05) is 6.92 Å². The van der Waals surface area contributed by atoms with Crippen molar-refractivity contribution in [3.8, 4) is 0 Å². The molecule has 1 aromatic rings. The third-order valence-corrected chi connectivity index (χ3v) is 2.87. The van der Waals surface area contributed by atoms with Crippen LogP contribution in [0.1, 0.15) is 6.92 Å². The van der Waals surface area contributed by atoms with Crippen molar-refractivity contribution in [1.82, 2.24) is 9.97 Å². The lowest BCUT2D eigenvalue weighted by atomic mass is 10.4. The number of nitrogens with zero attached hydrogens (tertiary/aromatic N) is 2. The van der Waals surface area contributed by atoms with Gasteiger partial charge in [0.25, 0.3) is 0 Å². The van der Waals surface area contributed by atoms with Gasteiger partial charge in [0.1, 0.15) is 18.0 Å². The zero-order valence-corrected chi connectivity index (χ0v) is 9.56. The van der Waals surface area contributed by atoms with Gasteiger partial charge in [-0.15, -0.1) is 0 Å². The first-order valence-corrected chi connectivity index (χ1v) is 5.81. The molecule has 1 atom stereocenters. The second-order valence-corrected chi connectivity index (χ2v) is 4.24.